The molecular formula is C11H13FN4O4. The minimum atomic E-state index is -0.993. The average molecular weight is 284 g/mol. The lowest BCUT2D eigenvalue weighted by molar-refractivity contribution is -0.385. The number of amides is 2. The zero-order chi connectivity index (χ0) is 15.4. The fourth-order valence-electron chi connectivity index (χ4n) is 1.47. The Bertz CT molecular complexity index is 576. The van der Waals surface area contributed by atoms with Gasteiger partial charge in [-0.25, -0.2) is 4.39 Å². The van der Waals surface area contributed by atoms with Crippen LogP contribution in [0.5, 0.6) is 0 Å². The van der Waals surface area contributed by atoms with E-state index in [1.54, 1.807) is 0 Å². The molecule has 0 saturated carbocycles. The van der Waals surface area contributed by atoms with E-state index in [9.17, 15) is 24.1 Å². The number of carbonyl (C=O) groups is 2. The number of nitrogens with zero attached hydrogens (tertiary/aromatic N) is 1. The number of halogens is 1. The first-order chi connectivity index (χ1) is 9.27. The molecular weight excluding hydrogens is 271 g/mol. The summed E-state index contributed by atoms with van der Waals surface area (Å²) in [4.78, 5) is 33.1. The summed E-state index contributed by atoms with van der Waals surface area (Å²) in [6, 6.07) is 0.521. The third-order valence-electron chi connectivity index (χ3n) is 2.54. The molecule has 0 heterocycles. The molecule has 20 heavy (non-hydrogen) atoms. The Hall–Kier alpha value is -2.71. The van der Waals surface area contributed by atoms with Crippen molar-refractivity contribution in [2.75, 3.05) is 12.8 Å². The Kier molecular flexibility index (Phi) is 4.57. The van der Waals surface area contributed by atoms with Crippen molar-refractivity contribution in [1.29, 1.82) is 0 Å². The molecule has 0 fully saturated rings. The maximum Gasteiger partial charge on any atom is 0.285 e. The number of hydrogen-bond donors (Lipinski definition) is 3. The van der Waals surface area contributed by atoms with Crippen molar-refractivity contribution in [3.8, 4) is 0 Å². The maximum atomic E-state index is 13.2. The van der Waals surface area contributed by atoms with Gasteiger partial charge in [0, 0.05) is 7.05 Å². The highest BCUT2D eigenvalue weighted by molar-refractivity contribution is 6.01. The number of nitrogens with one attached hydrogen (secondary N) is 2. The minimum absolute atomic E-state index is 0.395. The predicted octanol–water partition coefficient (Wildman–Crippen LogP) is 0.180. The number of rotatable bonds is 4. The average Bonchev–Trinajstić information content (AvgIpc) is 2.39. The van der Waals surface area contributed by atoms with Crippen molar-refractivity contribution in [1.82, 2.24) is 10.6 Å². The van der Waals surface area contributed by atoms with Crippen molar-refractivity contribution in [2.45, 2.75) is 13.0 Å². The molecule has 0 aliphatic rings. The zero-order valence-electron chi connectivity index (χ0n) is 10.8. The number of carbonyl (C=O) groups excluding carboxylic acids is 2. The van der Waals surface area contributed by atoms with Crippen molar-refractivity contribution >= 4 is 23.2 Å². The third kappa shape index (κ3) is 3.19. The number of nitrogen functional groups attached to an aromatic ring is 1. The fraction of sp³-hybridized carbons (Fsp3) is 0.273. The molecule has 0 radical (unpaired) electrons. The second-order valence-corrected chi connectivity index (χ2v) is 3.96. The fourth-order valence-corrected chi connectivity index (χ4v) is 1.47. The van der Waals surface area contributed by atoms with Gasteiger partial charge in [0.1, 0.15) is 11.6 Å². The van der Waals surface area contributed by atoms with E-state index in [4.69, 9.17) is 5.73 Å². The lowest BCUT2D eigenvalue weighted by Crippen LogP contribution is -2.43. The van der Waals surface area contributed by atoms with Crippen molar-refractivity contribution in [3.63, 3.8) is 0 Å². The van der Waals surface area contributed by atoms with Gasteiger partial charge in [-0.3, -0.25) is 19.7 Å². The quantitative estimate of drug-likeness (QED) is 0.413. The first kappa shape index (κ1) is 15.3. The smallest absolute Gasteiger partial charge is 0.285 e. The minimum Gasteiger partial charge on any atom is -0.396 e. The second kappa shape index (κ2) is 5.95. The summed E-state index contributed by atoms with van der Waals surface area (Å²) >= 11 is 0. The number of hydrogen-bond acceptors (Lipinski definition) is 5. The number of likely N-dealkylation sites (N-methyl/N-ethyl adjacent to an activating group) is 1. The molecule has 1 atom stereocenters. The molecule has 0 aliphatic carbocycles. The molecule has 0 saturated heterocycles. The maximum absolute atomic E-state index is 13.2. The number of nitro groups is 1. The van der Waals surface area contributed by atoms with Gasteiger partial charge in [-0.15, -0.1) is 0 Å². The van der Waals surface area contributed by atoms with Gasteiger partial charge < -0.3 is 16.4 Å². The lowest BCUT2D eigenvalue weighted by atomic mass is 10.1. The summed E-state index contributed by atoms with van der Waals surface area (Å²) in [5.41, 5.74) is 3.76. The number of benzene rings is 1. The second-order valence-electron chi connectivity index (χ2n) is 3.96. The zero-order valence-corrected chi connectivity index (χ0v) is 10.8. The standard InChI is InChI=1S/C11H13FN4O4/c1-5(10(17)14-2)15-11(18)6-3-8(13)7(12)4-9(6)16(19)20/h3-5H,13H2,1-2H3,(H,14,17)(H,15,18). The van der Waals surface area contributed by atoms with Crippen LogP contribution in [-0.4, -0.2) is 29.8 Å². The molecule has 1 aromatic carbocycles. The van der Waals surface area contributed by atoms with Crippen LogP contribution in [0.1, 0.15) is 17.3 Å². The Morgan fingerprint density at radius 3 is 2.55 bits per heavy atom. The molecule has 0 bridgehead atoms. The Morgan fingerprint density at radius 1 is 1.45 bits per heavy atom. The first-order valence-corrected chi connectivity index (χ1v) is 5.53. The van der Waals surface area contributed by atoms with Crippen LogP contribution >= 0.6 is 0 Å². The first-order valence-electron chi connectivity index (χ1n) is 5.53. The van der Waals surface area contributed by atoms with Crippen LogP contribution in [0.2, 0.25) is 0 Å². The topological polar surface area (TPSA) is 127 Å². The molecule has 1 rings (SSSR count). The van der Waals surface area contributed by atoms with Gasteiger partial charge in [-0.1, -0.05) is 0 Å². The van der Waals surface area contributed by atoms with E-state index in [2.05, 4.69) is 10.6 Å². The van der Waals surface area contributed by atoms with E-state index in [0.717, 1.165) is 6.07 Å². The normalized spacial score (nSPS) is 11.6. The van der Waals surface area contributed by atoms with Gasteiger partial charge in [0.05, 0.1) is 16.7 Å². The van der Waals surface area contributed by atoms with E-state index >= 15 is 0 Å². The van der Waals surface area contributed by atoms with Crippen molar-refractivity contribution < 1.29 is 18.9 Å². The van der Waals surface area contributed by atoms with Crippen LogP contribution < -0.4 is 16.4 Å². The van der Waals surface area contributed by atoms with E-state index in [0.29, 0.717) is 6.07 Å². The summed E-state index contributed by atoms with van der Waals surface area (Å²) in [6.45, 7) is 1.40. The van der Waals surface area contributed by atoms with Crippen molar-refractivity contribution in [3.05, 3.63) is 33.6 Å². The Morgan fingerprint density at radius 2 is 2.05 bits per heavy atom. The van der Waals surface area contributed by atoms with E-state index in [1.165, 1.54) is 14.0 Å². The Labute approximate surface area is 113 Å². The predicted molar refractivity (Wildman–Crippen MR) is 68.5 cm³/mol. The van der Waals surface area contributed by atoms with Gasteiger partial charge in [-0.05, 0) is 13.0 Å². The molecule has 0 aromatic heterocycles. The molecule has 2 amide bonds. The molecule has 1 unspecified atom stereocenters. The van der Waals surface area contributed by atoms with E-state index in [1.807, 2.05) is 0 Å². The van der Waals surface area contributed by atoms with E-state index in [-0.39, 0.29) is 0 Å². The van der Waals surface area contributed by atoms with Crippen LogP contribution in [-0.2, 0) is 4.79 Å². The highest BCUT2D eigenvalue weighted by atomic mass is 19.1. The van der Waals surface area contributed by atoms with Crippen LogP contribution in [0.4, 0.5) is 15.8 Å². The summed E-state index contributed by atoms with van der Waals surface area (Å²) in [7, 11) is 1.38. The summed E-state index contributed by atoms with van der Waals surface area (Å²) in [5, 5.41) is 15.4. The van der Waals surface area contributed by atoms with Gasteiger partial charge in [0.25, 0.3) is 11.6 Å². The van der Waals surface area contributed by atoms with Crippen LogP contribution in [0, 0.1) is 15.9 Å². The van der Waals surface area contributed by atoms with Gasteiger partial charge >= 0.3 is 0 Å². The molecule has 0 spiro atoms. The third-order valence-corrected chi connectivity index (χ3v) is 2.54. The number of nitrogens with two attached hydrogens (primary N) is 1. The molecule has 0 aliphatic heterocycles. The lowest BCUT2D eigenvalue weighted by Gasteiger charge is -2.12. The van der Waals surface area contributed by atoms with Crippen LogP contribution in [0.25, 0.3) is 0 Å². The Balaban J connectivity index is 3.12. The van der Waals surface area contributed by atoms with Gasteiger partial charge in [0.15, 0.2) is 5.82 Å². The van der Waals surface area contributed by atoms with Crippen LogP contribution in [0.3, 0.4) is 0 Å². The monoisotopic (exact) mass is 284 g/mol. The molecule has 8 nitrogen and oxygen atoms in total. The number of anilines is 1. The highest BCUT2D eigenvalue weighted by Crippen LogP contribution is 2.24. The molecule has 4 N–H and O–H groups in total. The van der Waals surface area contributed by atoms with Crippen LogP contribution in [0.15, 0.2) is 12.1 Å². The molecule has 1 aromatic rings. The van der Waals surface area contributed by atoms with E-state index < -0.39 is 45.5 Å². The molecule has 108 valence electrons. The SMILES string of the molecule is CNC(=O)C(C)NC(=O)c1cc(N)c(F)cc1[N+](=O)[O-]. The summed E-state index contributed by atoms with van der Waals surface area (Å²) in [5.74, 6) is -2.36. The van der Waals surface area contributed by atoms with Gasteiger partial charge in [0.2, 0.25) is 5.91 Å². The highest BCUT2D eigenvalue weighted by Gasteiger charge is 2.25. The summed E-state index contributed by atoms with van der Waals surface area (Å²) < 4.78 is 13.2. The largest absolute Gasteiger partial charge is 0.396 e. The van der Waals surface area contributed by atoms with Gasteiger partial charge in [-0.2, -0.15) is 0 Å². The number of nitro benzene ring substituents is 1. The summed E-state index contributed by atoms with van der Waals surface area (Å²) in [6.07, 6.45) is 0. The van der Waals surface area contributed by atoms with Crippen molar-refractivity contribution in [2.24, 2.45) is 0 Å². The molecule has 9 heteroatoms.